The van der Waals surface area contributed by atoms with Crippen molar-refractivity contribution in [2.24, 2.45) is 0 Å². The third kappa shape index (κ3) is 3.28. The summed E-state index contributed by atoms with van der Waals surface area (Å²) in [5.74, 6) is -0.171. The first-order valence-electron chi connectivity index (χ1n) is 5.96. The van der Waals surface area contributed by atoms with Crippen molar-refractivity contribution in [2.75, 3.05) is 12.8 Å². The van der Waals surface area contributed by atoms with Crippen LogP contribution in [0.1, 0.15) is 21.9 Å². The van der Waals surface area contributed by atoms with Gasteiger partial charge in [0.15, 0.2) is 0 Å². The molecule has 0 aliphatic carbocycles. The van der Waals surface area contributed by atoms with E-state index in [1.54, 1.807) is 24.1 Å². The lowest BCUT2D eigenvalue weighted by Gasteiger charge is -2.16. The molecule has 5 heteroatoms. The lowest BCUT2D eigenvalue weighted by molar-refractivity contribution is 0.0777. The predicted molar refractivity (Wildman–Crippen MR) is 73.4 cm³/mol. The van der Waals surface area contributed by atoms with Crippen molar-refractivity contribution in [1.82, 2.24) is 14.9 Å². The molecular weight excluding hydrogens is 240 g/mol. The molecule has 5 nitrogen and oxygen atoms in total. The number of nitrogen functional groups attached to an aromatic ring is 1. The van der Waals surface area contributed by atoms with E-state index in [0.717, 1.165) is 11.4 Å². The van der Waals surface area contributed by atoms with E-state index in [0.29, 0.717) is 17.9 Å². The standard InChI is InChI=1S/C14H16N4O/c1-10-4-3-5-12(17-10)9-18(2)14(19)13-8-11(15)6-7-16-13/h3-8H,9H2,1-2H3,(H2,15,16). The molecule has 1 amide bonds. The summed E-state index contributed by atoms with van der Waals surface area (Å²) in [7, 11) is 1.72. The highest BCUT2D eigenvalue weighted by molar-refractivity contribution is 5.92. The minimum atomic E-state index is -0.171. The molecule has 0 aromatic carbocycles. The quantitative estimate of drug-likeness (QED) is 0.906. The van der Waals surface area contributed by atoms with Gasteiger partial charge in [0.05, 0.1) is 12.2 Å². The van der Waals surface area contributed by atoms with Gasteiger partial charge in [0.1, 0.15) is 5.69 Å². The monoisotopic (exact) mass is 256 g/mol. The second-order valence-electron chi connectivity index (χ2n) is 4.41. The van der Waals surface area contributed by atoms with E-state index in [1.165, 1.54) is 6.20 Å². The van der Waals surface area contributed by atoms with Gasteiger partial charge in [0.2, 0.25) is 0 Å². The molecule has 0 saturated heterocycles. The van der Waals surface area contributed by atoms with Gasteiger partial charge in [0, 0.05) is 24.6 Å². The van der Waals surface area contributed by atoms with Gasteiger partial charge in [-0.2, -0.15) is 0 Å². The molecular formula is C14H16N4O. The van der Waals surface area contributed by atoms with E-state index in [2.05, 4.69) is 9.97 Å². The molecule has 2 heterocycles. The maximum Gasteiger partial charge on any atom is 0.272 e. The molecule has 0 aliphatic heterocycles. The van der Waals surface area contributed by atoms with E-state index in [9.17, 15) is 4.79 Å². The molecule has 98 valence electrons. The number of nitrogens with two attached hydrogens (primary N) is 1. The Morgan fingerprint density at radius 3 is 2.84 bits per heavy atom. The van der Waals surface area contributed by atoms with Gasteiger partial charge in [-0.25, -0.2) is 0 Å². The van der Waals surface area contributed by atoms with Gasteiger partial charge in [-0.1, -0.05) is 6.07 Å². The first-order chi connectivity index (χ1) is 9.06. The van der Waals surface area contributed by atoms with Gasteiger partial charge in [0.25, 0.3) is 5.91 Å². The molecule has 0 aliphatic rings. The highest BCUT2D eigenvalue weighted by Gasteiger charge is 2.14. The summed E-state index contributed by atoms with van der Waals surface area (Å²) in [6.45, 7) is 2.36. The maximum atomic E-state index is 12.2. The molecule has 2 aromatic heterocycles. The Morgan fingerprint density at radius 2 is 2.16 bits per heavy atom. The average molecular weight is 256 g/mol. The number of aromatic nitrogens is 2. The number of rotatable bonds is 3. The number of anilines is 1. The number of carbonyl (C=O) groups is 1. The fourth-order valence-electron chi connectivity index (χ4n) is 1.76. The number of pyridine rings is 2. The van der Waals surface area contributed by atoms with E-state index >= 15 is 0 Å². The van der Waals surface area contributed by atoms with Crippen LogP contribution >= 0.6 is 0 Å². The van der Waals surface area contributed by atoms with Crippen LogP contribution in [0.25, 0.3) is 0 Å². The first-order valence-corrected chi connectivity index (χ1v) is 5.96. The van der Waals surface area contributed by atoms with Crippen molar-refractivity contribution in [1.29, 1.82) is 0 Å². The average Bonchev–Trinajstić information content (AvgIpc) is 2.38. The van der Waals surface area contributed by atoms with Gasteiger partial charge in [-0.15, -0.1) is 0 Å². The largest absolute Gasteiger partial charge is 0.399 e. The van der Waals surface area contributed by atoms with Crippen molar-refractivity contribution in [3.8, 4) is 0 Å². The van der Waals surface area contributed by atoms with Crippen LogP contribution in [-0.4, -0.2) is 27.8 Å². The Balaban J connectivity index is 2.12. The van der Waals surface area contributed by atoms with Crippen molar-refractivity contribution in [3.63, 3.8) is 0 Å². The van der Waals surface area contributed by atoms with E-state index in [4.69, 9.17) is 5.73 Å². The number of carbonyl (C=O) groups excluding carboxylic acids is 1. The van der Waals surface area contributed by atoms with Crippen LogP contribution in [0.5, 0.6) is 0 Å². The SMILES string of the molecule is Cc1cccc(CN(C)C(=O)c2cc(N)ccn2)n1. The Morgan fingerprint density at radius 1 is 1.37 bits per heavy atom. The first kappa shape index (κ1) is 13.0. The molecule has 0 fully saturated rings. The summed E-state index contributed by atoms with van der Waals surface area (Å²) in [4.78, 5) is 22.1. The van der Waals surface area contributed by atoms with Crippen molar-refractivity contribution >= 4 is 11.6 Å². The molecule has 0 atom stereocenters. The molecule has 0 bridgehead atoms. The normalized spacial score (nSPS) is 10.2. The van der Waals surface area contributed by atoms with Crippen molar-refractivity contribution in [3.05, 3.63) is 53.6 Å². The number of nitrogens with zero attached hydrogens (tertiary/aromatic N) is 3. The van der Waals surface area contributed by atoms with E-state index < -0.39 is 0 Å². The van der Waals surface area contributed by atoms with Crippen LogP contribution in [0.4, 0.5) is 5.69 Å². The van der Waals surface area contributed by atoms with E-state index in [1.807, 2.05) is 25.1 Å². The Bertz CT molecular complexity index is 598. The summed E-state index contributed by atoms with van der Waals surface area (Å²) < 4.78 is 0. The van der Waals surface area contributed by atoms with Gasteiger partial charge >= 0.3 is 0 Å². The molecule has 0 saturated carbocycles. The predicted octanol–water partition coefficient (Wildman–Crippen LogP) is 1.64. The van der Waals surface area contributed by atoms with Crippen LogP contribution in [-0.2, 0) is 6.54 Å². The topological polar surface area (TPSA) is 72.1 Å². The highest BCUT2D eigenvalue weighted by Crippen LogP contribution is 2.08. The zero-order valence-corrected chi connectivity index (χ0v) is 11.0. The highest BCUT2D eigenvalue weighted by atomic mass is 16.2. The van der Waals surface area contributed by atoms with Gasteiger partial charge in [-0.3, -0.25) is 14.8 Å². The van der Waals surface area contributed by atoms with Crippen LogP contribution in [0, 0.1) is 6.92 Å². The minimum absolute atomic E-state index is 0.171. The third-order valence-electron chi connectivity index (χ3n) is 2.69. The molecule has 0 unspecified atom stereocenters. The van der Waals surface area contributed by atoms with Crippen molar-refractivity contribution < 1.29 is 4.79 Å². The lowest BCUT2D eigenvalue weighted by Crippen LogP contribution is -2.27. The second-order valence-corrected chi connectivity index (χ2v) is 4.41. The van der Waals surface area contributed by atoms with Gasteiger partial charge in [-0.05, 0) is 31.2 Å². The second kappa shape index (κ2) is 5.48. The molecule has 19 heavy (non-hydrogen) atoms. The lowest BCUT2D eigenvalue weighted by atomic mass is 10.2. The van der Waals surface area contributed by atoms with E-state index in [-0.39, 0.29) is 5.91 Å². The smallest absolute Gasteiger partial charge is 0.272 e. The number of hydrogen-bond acceptors (Lipinski definition) is 4. The summed E-state index contributed by atoms with van der Waals surface area (Å²) in [5.41, 5.74) is 8.29. The van der Waals surface area contributed by atoms with Crippen LogP contribution in [0.15, 0.2) is 36.5 Å². The number of amides is 1. The number of aryl methyl sites for hydroxylation is 1. The van der Waals surface area contributed by atoms with Crippen molar-refractivity contribution in [2.45, 2.75) is 13.5 Å². The third-order valence-corrected chi connectivity index (χ3v) is 2.69. The zero-order chi connectivity index (χ0) is 13.8. The molecule has 0 radical (unpaired) electrons. The molecule has 2 rings (SSSR count). The Hall–Kier alpha value is -2.43. The zero-order valence-electron chi connectivity index (χ0n) is 11.0. The summed E-state index contributed by atoms with van der Waals surface area (Å²) in [5, 5.41) is 0. The fourth-order valence-corrected chi connectivity index (χ4v) is 1.76. The maximum absolute atomic E-state index is 12.2. The summed E-state index contributed by atoms with van der Waals surface area (Å²) >= 11 is 0. The van der Waals surface area contributed by atoms with Gasteiger partial charge < -0.3 is 10.6 Å². The summed E-state index contributed by atoms with van der Waals surface area (Å²) in [6, 6.07) is 8.96. The molecule has 0 spiro atoms. The number of hydrogen-bond donors (Lipinski definition) is 1. The molecule has 2 N–H and O–H groups in total. The summed E-state index contributed by atoms with van der Waals surface area (Å²) in [6.07, 6.45) is 1.53. The molecule has 2 aromatic rings. The Kier molecular flexibility index (Phi) is 3.75. The van der Waals surface area contributed by atoms with Crippen LogP contribution in [0.2, 0.25) is 0 Å². The fraction of sp³-hybridized carbons (Fsp3) is 0.214. The minimum Gasteiger partial charge on any atom is -0.399 e. The Labute approximate surface area is 112 Å². The van der Waals surface area contributed by atoms with Crippen LogP contribution < -0.4 is 5.73 Å². The van der Waals surface area contributed by atoms with Crippen LogP contribution in [0.3, 0.4) is 0 Å².